The topological polar surface area (TPSA) is 26.3 Å². The lowest BCUT2D eigenvalue weighted by Crippen LogP contribution is -2.34. The maximum atomic E-state index is 11.6. The third-order valence-corrected chi connectivity index (χ3v) is 8.11. The summed E-state index contributed by atoms with van der Waals surface area (Å²) in [7, 11) is -2.05. The zero-order valence-corrected chi connectivity index (χ0v) is 14.5. The van der Waals surface area contributed by atoms with Crippen molar-refractivity contribution in [3.63, 3.8) is 0 Å². The Balaban J connectivity index is 2.26. The van der Waals surface area contributed by atoms with Gasteiger partial charge in [0.15, 0.2) is 7.26 Å². The molecule has 0 aromatic heterocycles. The molecule has 3 rings (SSSR count). The predicted molar refractivity (Wildman–Crippen MR) is 102 cm³/mol. The number of carbonyl (C=O) groups is 1. The average Bonchev–Trinajstić information content (AvgIpc) is 2.65. The number of rotatable bonds is 5. The van der Waals surface area contributed by atoms with Crippen molar-refractivity contribution in [3.8, 4) is 0 Å². The number of hydrogen-bond donors (Lipinski definition) is 0. The highest BCUT2D eigenvalue weighted by Gasteiger charge is 2.46. The van der Waals surface area contributed by atoms with Crippen molar-refractivity contribution in [2.75, 3.05) is 6.35 Å². The minimum atomic E-state index is -2.05. The Morgan fingerprint density at radius 3 is 1.33 bits per heavy atom. The van der Waals surface area contributed by atoms with E-state index in [1.54, 1.807) is 0 Å². The number of hydrogen-bond acceptors (Lipinski definition) is 2. The van der Waals surface area contributed by atoms with Crippen LogP contribution in [0.1, 0.15) is 6.92 Å². The SMILES string of the molecule is CC(=O)OC[P+](c1ccccc1)(c1ccccc1)c1ccccc1. The average molecular weight is 335 g/mol. The Kier molecular flexibility index (Phi) is 5.08. The highest BCUT2D eigenvalue weighted by molar-refractivity contribution is 7.95. The Hall–Kier alpha value is -2.44. The first kappa shape index (κ1) is 16.4. The number of carbonyl (C=O) groups excluding carboxylic acids is 1. The number of esters is 1. The van der Waals surface area contributed by atoms with Gasteiger partial charge in [-0.25, -0.2) is 0 Å². The molecule has 3 heteroatoms. The van der Waals surface area contributed by atoms with Crippen LogP contribution in [0.15, 0.2) is 91.0 Å². The van der Waals surface area contributed by atoms with Gasteiger partial charge in [-0.05, 0) is 36.4 Å². The first-order valence-corrected chi connectivity index (χ1v) is 9.89. The summed E-state index contributed by atoms with van der Waals surface area (Å²) in [4.78, 5) is 11.6. The third kappa shape index (κ3) is 3.25. The van der Waals surface area contributed by atoms with Crippen LogP contribution in [0.25, 0.3) is 0 Å². The largest absolute Gasteiger partial charge is 0.429 e. The smallest absolute Gasteiger partial charge is 0.305 e. The van der Waals surface area contributed by atoms with Gasteiger partial charge in [-0.1, -0.05) is 54.6 Å². The molecule has 0 radical (unpaired) electrons. The van der Waals surface area contributed by atoms with E-state index in [1.165, 1.54) is 22.8 Å². The molecule has 0 heterocycles. The quantitative estimate of drug-likeness (QED) is 0.527. The van der Waals surface area contributed by atoms with Crippen LogP contribution in [0, 0.1) is 0 Å². The van der Waals surface area contributed by atoms with Gasteiger partial charge in [0.1, 0.15) is 15.9 Å². The Bertz CT molecular complexity index is 689. The molecule has 0 aliphatic carbocycles. The van der Waals surface area contributed by atoms with Crippen LogP contribution in [0.4, 0.5) is 0 Å². The Morgan fingerprint density at radius 2 is 1.04 bits per heavy atom. The normalized spacial score (nSPS) is 11.0. The van der Waals surface area contributed by atoms with E-state index in [-0.39, 0.29) is 5.97 Å². The molecule has 0 saturated carbocycles. The minimum Gasteiger partial charge on any atom is -0.429 e. The van der Waals surface area contributed by atoms with Gasteiger partial charge in [0, 0.05) is 6.92 Å². The summed E-state index contributed by atoms with van der Waals surface area (Å²) >= 11 is 0. The van der Waals surface area contributed by atoms with Crippen LogP contribution < -0.4 is 15.9 Å². The monoisotopic (exact) mass is 335 g/mol. The van der Waals surface area contributed by atoms with Crippen molar-refractivity contribution in [3.05, 3.63) is 91.0 Å². The maximum absolute atomic E-state index is 11.6. The summed E-state index contributed by atoms with van der Waals surface area (Å²) in [5.74, 6) is -0.248. The molecule has 0 fully saturated rings. The van der Waals surface area contributed by atoms with E-state index >= 15 is 0 Å². The molecular formula is C21H20O2P+. The Labute approximate surface area is 143 Å². The summed E-state index contributed by atoms with van der Waals surface area (Å²) in [6, 6.07) is 31.1. The number of ether oxygens (including phenoxy) is 1. The van der Waals surface area contributed by atoms with E-state index in [0.29, 0.717) is 6.35 Å². The molecule has 3 aromatic rings. The standard InChI is InChI=1S/C21H20O2P/c1-18(22)23-17-24(19-11-5-2-6-12-19,20-13-7-3-8-14-20)21-15-9-4-10-16-21/h2-16H,17H2,1H3/q+1. The molecule has 0 spiro atoms. The van der Waals surface area contributed by atoms with E-state index in [9.17, 15) is 4.79 Å². The van der Waals surface area contributed by atoms with Gasteiger partial charge >= 0.3 is 5.97 Å². The highest BCUT2D eigenvalue weighted by Crippen LogP contribution is 2.55. The van der Waals surface area contributed by atoms with Crippen molar-refractivity contribution < 1.29 is 9.53 Å². The molecule has 120 valence electrons. The molecule has 0 bridgehead atoms. The molecule has 0 unspecified atom stereocenters. The summed E-state index contributed by atoms with van der Waals surface area (Å²) in [5, 5.41) is 3.64. The van der Waals surface area contributed by atoms with Gasteiger partial charge in [-0.2, -0.15) is 0 Å². The van der Waals surface area contributed by atoms with Crippen molar-refractivity contribution >= 4 is 29.1 Å². The second kappa shape index (κ2) is 7.42. The molecule has 0 aliphatic rings. The number of benzene rings is 3. The fourth-order valence-electron chi connectivity index (χ4n) is 2.91. The van der Waals surface area contributed by atoms with Gasteiger partial charge in [-0.3, -0.25) is 4.79 Å². The van der Waals surface area contributed by atoms with Gasteiger partial charge < -0.3 is 4.74 Å². The fourth-order valence-corrected chi connectivity index (χ4v) is 6.67. The summed E-state index contributed by atoms with van der Waals surface area (Å²) in [6.07, 6.45) is 0.375. The summed E-state index contributed by atoms with van der Waals surface area (Å²) < 4.78 is 5.58. The molecular weight excluding hydrogens is 315 g/mol. The summed E-state index contributed by atoms with van der Waals surface area (Å²) in [6.45, 7) is 1.47. The van der Waals surface area contributed by atoms with E-state index in [4.69, 9.17) is 4.74 Å². The second-order valence-corrected chi connectivity index (χ2v) is 9.01. The lowest BCUT2D eigenvalue weighted by molar-refractivity contribution is -0.138. The van der Waals surface area contributed by atoms with Crippen molar-refractivity contribution in [2.24, 2.45) is 0 Å². The van der Waals surface area contributed by atoms with E-state index < -0.39 is 7.26 Å². The lowest BCUT2D eigenvalue weighted by atomic mass is 10.4. The van der Waals surface area contributed by atoms with Crippen LogP contribution in [0.2, 0.25) is 0 Å². The van der Waals surface area contributed by atoms with Crippen LogP contribution in [-0.4, -0.2) is 12.3 Å². The summed E-state index contributed by atoms with van der Waals surface area (Å²) in [5.41, 5.74) is 0. The fraction of sp³-hybridized carbons (Fsp3) is 0.0952. The Morgan fingerprint density at radius 1 is 0.708 bits per heavy atom. The van der Waals surface area contributed by atoms with Gasteiger partial charge in [0.25, 0.3) is 0 Å². The van der Waals surface area contributed by atoms with E-state index in [1.807, 2.05) is 54.6 Å². The molecule has 0 amide bonds. The van der Waals surface area contributed by atoms with Gasteiger partial charge in [0.05, 0.1) is 0 Å². The van der Waals surface area contributed by atoms with Crippen LogP contribution in [0.5, 0.6) is 0 Å². The first-order valence-electron chi connectivity index (χ1n) is 7.92. The molecule has 24 heavy (non-hydrogen) atoms. The third-order valence-electron chi connectivity index (χ3n) is 4.05. The zero-order chi connectivity index (χ0) is 16.8. The molecule has 0 aliphatic heterocycles. The van der Waals surface area contributed by atoms with Crippen LogP contribution in [0.3, 0.4) is 0 Å². The van der Waals surface area contributed by atoms with E-state index in [0.717, 1.165) is 0 Å². The highest BCUT2D eigenvalue weighted by atomic mass is 31.2. The van der Waals surface area contributed by atoms with Crippen molar-refractivity contribution in [1.29, 1.82) is 0 Å². The predicted octanol–water partition coefficient (Wildman–Crippen LogP) is 3.50. The van der Waals surface area contributed by atoms with Crippen molar-refractivity contribution in [2.45, 2.75) is 6.92 Å². The zero-order valence-electron chi connectivity index (χ0n) is 13.6. The van der Waals surface area contributed by atoms with Crippen LogP contribution >= 0.6 is 7.26 Å². The lowest BCUT2D eigenvalue weighted by Gasteiger charge is -2.26. The second-order valence-electron chi connectivity index (χ2n) is 5.58. The molecule has 0 saturated heterocycles. The molecule has 3 aromatic carbocycles. The van der Waals surface area contributed by atoms with Crippen LogP contribution in [-0.2, 0) is 9.53 Å². The van der Waals surface area contributed by atoms with Gasteiger partial charge in [0.2, 0.25) is 6.35 Å². The minimum absolute atomic E-state index is 0.248. The van der Waals surface area contributed by atoms with Crippen molar-refractivity contribution in [1.82, 2.24) is 0 Å². The van der Waals surface area contributed by atoms with Gasteiger partial charge in [-0.15, -0.1) is 0 Å². The molecule has 0 N–H and O–H groups in total. The first-order chi connectivity index (χ1) is 11.7. The molecule has 2 nitrogen and oxygen atoms in total. The van der Waals surface area contributed by atoms with E-state index in [2.05, 4.69) is 36.4 Å². The molecule has 0 atom stereocenters. The maximum Gasteiger partial charge on any atom is 0.305 e.